The summed E-state index contributed by atoms with van der Waals surface area (Å²) in [4.78, 5) is 28.6. The van der Waals surface area contributed by atoms with Crippen LogP contribution in [0.4, 0.5) is 5.00 Å². The van der Waals surface area contributed by atoms with Crippen molar-refractivity contribution in [3.63, 3.8) is 0 Å². The van der Waals surface area contributed by atoms with E-state index in [9.17, 15) is 9.59 Å². The molecule has 0 aliphatic carbocycles. The molecule has 8 heteroatoms. The Morgan fingerprint density at radius 1 is 1.21 bits per heavy atom. The second-order valence-electron chi connectivity index (χ2n) is 8.57. The maximum atomic E-state index is 13.0. The molecular weight excluding hydrogens is 438 g/mol. The number of esters is 1. The lowest BCUT2D eigenvalue weighted by atomic mass is 10.0. The van der Waals surface area contributed by atoms with Gasteiger partial charge in [-0.3, -0.25) is 9.69 Å². The van der Waals surface area contributed by atoms with Crippen molar-refractivity contribution in [2.75, 3.05) is 18.5 Å². The normalized spacial score (nSPS) is 17.8. The fraction of sp³-hybridized carbons (Fsp3) is 0.360. The van der Waals surface area contributed by atoms with Crippen molar-refractivity contribution in [2.24, 2.45) is 0 Å². The molecule has 2 aliphatic heterocycles. The van der Waals surface area contributed by atoms with Gasteiger partial charge in [-0.15, -0.1) is 11.3 Å². The molecule has 5 rings (SSSR count). The second kappa shape index (κ2) is 8.68. The van der Waals surface area contributed by atoms with Crippen LogP contribution in [-0.4, -0.2) is 36.0 Å². The van der Waals surface area contributed by atoms with Crippen molar-refractivity contribution >= 4 is 28.2 Å². The van der Waals surface area contributed by atoms with Crippen LogP contribution in [0.25, 0.3) is 11.3 Å². The minimum Gasteiger partial charge on any atom is -0.462 e. The van der Waals surface area contributed by atoms with Gasteiger partial charge in [0, 0.05) is 29.6 Å². The zero-order valence-corrected chi connectivity index (χ0v) is 19.8. The third kappa shape index (κ3) is 4.05. The third-order valence-corrected chi connectivity index (χ3v) is 7.33. The van der Waals surface area contributed by atoms with E-state index in [2.05, 4.69) is 29.4 Å². The van der Waals surface area contributed by atoms with Gasteiger partial charge in [-0.2, -0.15) is 0 Å². The molecule has 0 spiro atoms. The molecule has 0 bridgehead atoms. The summed E-state index contributed by atoms with van der Waals surface area (Å²) < 4.78 is 11.1. The zero-order valence-electron chi connectivity index (χ0n) is 18.9. The van der Waals surface area contributed by atoms with E-state index in [1.165, 1.54) is 10.4 Å². The van der Waals surface area contributed by atoms with Crippen LogP contribution in [-0.2, 0) is 17.7 Å². The fourth-order valence-electron chi connectivity index (χ4n) is 4.37. The van der Waals surface area contributed by atoms with Crippen LogP contribution in [0, 0.1) is 0 Å². The summed E-state index contributed by atoms with van der Waals surface area (Å²) >= 11 is 1.67. The third-order valence-electron chi connectivity index (χ3n) is 6.19. The molecular formula is C25H27N3O4S. The molecule has 2 aliphatic rings. The topological polar surface area (TPSA) is 83.8 Å². The molecule has 1 atom stereocenters. The summed E-state index contributed by atoms with van der Waals surface area (Å²) in [6, 6.07) is 11.3. The smallest absolute Gasteiger partial charge is 0.338 e. The highest BCUT2D eigenvalue weighted by Gasteiger charge is 2.34. The van der Waals surface area contributed by atoms with E-state index in [1.54, 1.807) is 30.4 Å². The Balaban J connectivity index is 1.35. The Morgan fingerprint density at radius 3 is 2.73 bits per heavy atom. The lowest BCUT2D eigenvalue weighted by Gasteiger charge is -2.30. The van der Waals surface area contributed by atoms with Crippen LogP contribution in [0.1, 0.15) is 63.9 Å². The Labute approximate surface area is 196 Å². The largest absolute Gasteiger partial charge is 0.462 e. The number of amides is 1. The second-order valence-corrected chi connectivity index (χ2v) is 9.68. The van der Waals surface area contributed by atoms with Crippen LogP contribution >= 0.6 is 11.3 Å². The average molecular weight is 466 g/mol. The molecule has 2 aromatic heterocycles. The van der Waals surface area contributed by atoms with Gasteiger partial charge in [0.25, 0.3) is 5.91 Å². The molecule has 0 saturated heterocycles. The van der Waals surface area contributed by atoms with E-state index in [4.69, 9.17) is 9.15 Å². The van der Waals surface area contributed by atoms with Crippen molar-refractivity contribution < 1.29 is 18.7 Å². The lowest BCUT2D eigenvalue weighted by molar-refractivity contribution is 0.0526. The predicted octanol–water partition coefficient (Wildman–Crippen LogP) is 4.81. The maximum Gasteiger partial charge on any atom is 0.338 e. The number of fused-ring (bicyclic) bond motifs is 3. The first-order valence-corrected chi connectivity index (χ1v) is 12.1. The van der Waals surface area contributed by atoms with Crippen molar-refractivity contribution in [3.05, 3.63) is 63.7 Å². The van der Waals surface area contributed by atoms with Gasteiger partial charge in [-0.25, -0.2) is 4.79 Å². The number of rotatable bonds is 5. The summed E-state index contributed by atoms with van der Waals surface area (Å²) in [7, 11) is 0. The van der Waals surface area contributed by atoms with Gasteiger partial charge in [0.05, 0.1) is 17.7 Å². The number of carbonyl (C=O) groups excluding carboxylic acids is 2. The van der Waals surface area contributed by atoms with E-state index in [0.717, 1.165) is 35.6 Å². The van der Waals surface area contributed by atoms with Gasteiger partial charge in [0.1, 0.15) is 16.5 Å². The highest BCUT2D eigenvalue weighted by molar-refractivity contribution is 7.16. The number of thiophene rings is 1. The minimum absolute atomic E-state index is 0.0546. The van der Waals surface area contributed by atoms with Crippen LogP contribution in [0.5, 0.6) is 0 Å². The van der Waals surface area contributed by atoms with Crippen LogP contribution in [0.2, 0.25) is 0 Å². The quantitative estimate of drug-likeness (QED) is 0.527. The monoisotopic (exact) mass is 465 g/mol. The van der Waals surface area contributed by atoms with Gasteiger partial charge in [-0.05, 0) is 57.0 Å². The molecule has 1 aromatic carbocycles. The van der Waals surface area contributed by atoms with Crippen molar-refractivity contribution in [1.29, 1.82) is 0 Å². The fourth-order valence-corrected chi connectivity index (χ4v) is 5.67. The lowest BCUT2D eigenvalue weighted by Crippen LogP contribution is -2.39. The molecule has 3 aromatic rings. The summed E-state index contributed by atoms with van der Waals surface area (Å²) in [5.74, 6) is 0.902. The van der Waals surface area contributed by atoms with E-state index in [-0.39, 0.29) is 11.9 Å². The Morgan fingerprint density at radius 2 is 2.00 bits per heavy atom. The van der Waals surface area contributed by atoms with Crippen molar-refractivity contribution in [2.45, 2.75) is 45.9 Å². The standard InChI is InChI=1S/C25H27N3O4S/c1-4-31-25(30)16-7-5-15(6-8-16)18-9-10-19(32-18)22-26-23(29)21-17-11-12-28(14(2)3)13-20(17)33-24(21)27-22/h5-10,14,22,27H,4,11-13H2,1-3H3,(H,26,29)/t22-/m0/s1. The zero-order chi connectivity index (χ0) is 23.1. The molecule has 33 heavy (non-hydrogen) atoms. The number of benzene rings is 1. The molecule has 172 valence electrons. The van der Waals surface area contributed by atoms with Gasteiger partial charge < -0.3 is 19.8 Å². The first-order valence-electron chi connectivity index (χ1n) is 11.3. The highest BCUT2D eigenvalue weighted by Crippen LogP contribution is 2.41. The molecule has 0 fully saturated rings. The number of nitrogens with one attached hydrogen (secondary N) is 2. The maximum absolute atomic E-state index is 13.0. The first kappa shape index (κ1) is 21.7. The summed E-state index contributed by atoms with van der Waals surface area (Å²) in [6.45, 7) is 8.39. The molecule has 2 N–H and O–H groups in total. The van der Waals surface area contributed by atoms with Crippen molar-refractivity contribution in [1.82, 2.24) is 10.2 Å². The Bertz CT molecular complexity index is 1190. The number of furan rings is 1. The van der Waals surface area contributed by atoms with Crippen LogP contribution in [0.15, 0.2) is 40.8 Å². The Kier molecular flexibility index (Phi) is 5.72. The van der Waals surface area contributed by atoms with Gasteiger partial charge in [0.15, 0.2) is 6.17 Å². The molecule has 1 amide bonds. The molecule has 0 unspecified atom stereocenters. The molecule has 7 nitrogen and oxygen atoms in total. The summed E-state index contributed by atoms with van der Waals surface area (Å²) in [5, 5.41) is 7.42. The average Bonchev–Trinajstić information content (AvgIpc) is 3.44. The first-order chi connectivity index (χ1) is 15.9. The van der Waals surface area contributed by atoms with Gasteiger partial charge >= 0.3 is 5.97 Å². The Hall–Kier alpha value is -3.10. The minimum atomic E-state index is -0.432. The summed E-state index contributed by atoms with van der Waals surface area (Å²) in [5.41, 5.74) is 3.31. The van der Waals surface area contributed by atoms with E-state index < -0.39 is 6.17 Å². The number of carbonyl (C=O) groups is 2. The number of hydrogen-bond donors (Lipinski definition) is 2. The summed E-state index contributed by atoms with van der Waals surface area (Å²) in [6.07, 6.45) is 0.463. The van der Waals surface area contributed by atoms with E-state index >= 15 is 0 Å². The van der Waals surface area contributed by atoms with E-state index in [1.807, 2.05) is 24.3 Å². The van der Waals surface area contributed by atoms with Crippen LogP contribution < -0.4 is 10.6 Å². The van der Waals surface area contributed by atoms with Gasteiger partial charge in [-0.1, -0.05) is 12.1 Å². The number of nitrogens with zero attached hydrogens (tertiary/aromatic N) is 1. The number of anilines is 1. The van der Waals surface area contributed by atoms with Crippen LogP contribution in [0.3, 0.4) is 0 Å². The molecule has 4 heterocycles. The molecule has 0 radical (unpaired) electrons. The SMILES string of the molecule is CCOC(=O)c1ccc(-c2ccc([C@H]3NC(=O)c4c(sc5c4CCN(C(C)C)C5)N3)o2)cc1. The predicted molar refractivity (Wildman–Crippen MR) is 127 cm³/mol. The highest BCUT2D eigenvalue weighted by atomic mass is 32.1. The number of ether oxygens (including phenoxy) is 1. The number of hydrogen-bond acceptors (Lipinski definition) is 7. The van der Waals surface area contributed by atoms with Crippen molar-refractivity contribution in [3.8, 4) is 11.3 Å². The molecule has 0 saturated carbocycles. The van der Waals surface area contributed by atoms with Gasteiger partial charge in [0.2, 0.25) is 0 Å². The van der Waals surface area contributed by atoms with E-state index in [0.29, 0.717) is 29.7 Å².